The van der Waals surface area contributed by atoms with Crippen LogP contribution in [-0.4, -0.2) is 6.10 Å². The van der Waals surface area contributed by atoms with Crippen molar-refractivity contribution < 1.29 is 4.74 Å². The number of ether oxygens (including phenoxy) is 1. The van der Waals surface area contributed by atoms with Crippen LogP contribution in [0.25, 0.3) is 0 Å². The largest absolute Gasteiger partial charge is 0.488 e. The maximum Gasteiger partial charge on any atom is 0.144 e. The Bertz CT molecular complexity index is 247. The van der Waals surface area contributed by atoms with Gasteiger partial charge in [0.15, 0.2) is 0 Å². The summed E-state index contributed by atoms with van der Waals surface area (Å²) in [7, 11) is 0. The molecule has 1 atom stereocenters. The maximum absolute atomic E-state index is 7.51. The van der Waals surface area contributed by atoms with Crippen LogP contribution in [0.4, 0.5) is 5.69 Å². The van der Waals surface area contributed by atoms with Gasteiger partial charge in [0.05, 0.1) is 11.8 Å². The third-order valence-corrected chi connectivity index (χ3v) is 1.79. The van der Waals surface area contributed by atoms with Gasteiger partial charge in [0.25, 0.3) is 0 Å². The van der Waals surface area contributed by atoms with Crippen molar-refractivity contribution in [2.24, 2.45) is 0 Å². The van der Waals surface area contributed by atoms with Gasteiger partial charge >= 0.3 is 0 Å². The van der Waals surface area contributed by atoms with Crippen LogP contribution in [0.3, 0.4) is 0 Å². The molecule has 0 spiro atoms. The van der Waals surface area contributed by atoms with Crippen LogP contribution in [0.2, 0.25) is 0 Å². The van der Waals surface area contributed by atoms with Crippen LogP contribution in [0, 0.1) is 0 Å². The predicted molar refractivity (Wildman–Crippen MR) is 49.6 cm³/mol. The zero-order valence-corrected chi connectivity index (χ0v) is 7.50. The quantitative estimate of drug-likeness (QED) is 0.676. The lowest BCUT2D eigenvalue weighted by molar-refractivity contribution is 0.218. The summed E-state index contributed by atoms with van der Waals surface area (Å²) in [6.07, 6.45) is 1.16. The Balaban J connectivity index is 2.69. The number of hydrogen-bond donors (Lipinski definition) is 0. The fraction of sp³-hybridized carbons (Fsp3) is 0.400. The molecule has 0 aliphatic carbocycles. The second-order valence-corrected chi connectivity index (χ2v) is 2.83. The lowest BCUT2D eigenvalue weighted by atomic mass is 10.3. The third-order valence-electron chi connectivity index (χ3n) is 1.79. The van der Waals surface area contributed by atoms with Crippen molar-refractivity contribution in [2.45, 2.75) is 26.4 Å². The second kappa shape index (κ2) is 4.00. The molecule has 0 bridgehead atoms. The number of nitrogens with one attached hydrogen (secondary N) is 1. The first-order valence-electron chi connectivity index (χ1n) is 4.21. The SMILES string of the molecule is CCC(C)Oc1ccccc1[NH]. The van der Waals surface area contributed by atoms with Crippen molar-refractivity contribution in [3.8, 4) is 5.75 Å². The van der Waals surface area contributed by atoms with Crippen molar-refractivity contribution in [2.75, 3.05) is 0 Å². The van der Waals surface area contributed by atoms with E-state index in [-0.39, 0.29) is 6.10 Å². The van der Waals surface area contributed by atoms with Gasteiger partial charge in [-0.1, -0.05) is 19.1 Å². The Hall–Kier alpha value is -1.18. The summed E-state index contributed by atoms with van der Waals surface area (Å²) in [5.74, 6) is 0.673. The highest BCUT2D eigenvalue weighted by Crippen LogP contribution is 2.22. The Morgan fingerprint density at radius 3 is 2.67 bits per heavy atom. The molecule has 0 aliphatic heterocycles. The average molecular weight is 164 g/mol. The minimum absolute atomic E-state index is 0.191. The lowest BCUT2D eigenvalue weighted by Gasteiger charge is -2.13. The molecule has 1 aromatic carbocycles. The average Bonchev–Trinajstić information content (AvgIpc) is 2.09. The van der Waals surface area contributed by atoms with E-state index in [9.17, 15) is 0 Å². The van der Waals surface area contributed by atoms with Gasteiger partial charge in [0, 0.05) is 0 Å². The molecule has 0 aromatic heterocycles. The second-order valence-electron chi connectivity index (χ2n) is 2.83. The smallest absolute Gasteiger partial charge is 0.144 e. The van der Waals surface area contributed by atoms with Crippen LogP contribution in [0.1, 0.15) is 20.3 Å². The molecule has 0 fully saturated rings. The fourth-order valence-electron chi connectivity index (χ4n) is 0.869. The Morgan fingerprint density at radius 1 is 1.42 bits per heavy atom. The first-order chi connectivity index (χ1) is 5.74. The molecule has 12 heavy (non-hydrogen) atoms. The van der Waals surface area contributed by atoms with Crippen LogP contribution in [0.5, 0.6) is 5.75 Å². The minimum atomic E-state index is 0.191. The van der Waals surface area contributed by atoms with E-state index in [1.807, 2.05) is 25.1 Å². The van der Waals surface area contributed by atoms with Gasteiger partial charge < -0.3 is 4.74 Å². The van der Waals surface area contributed by atoms with Crippen molar-refractivity contribution in [3.63, 3.8) is 0 Å². The highest BCUT2D eigenvalue weighted by atomic mass is 16.5. The summed E-state index contributed by atoms with van der Waals surface area (Å²) >= 11 is 0. The first kappa shape index (κ1) is 8.91. The van der Waals surface area contributed by atoms with Crippen LogP contribution in [-0.2, 0) is 0 Å². The van der Waals surface area contributed by atoms with Gasteiger partial charge in [-0.2, -0.15) is 0 Å². The molecule has 2 heteroatoms. The van der Waals surface area contributed by atoms with Gasteiger partial charge in [0.2, 0.25) is 0 Å². The summed E-state index contributed by atoms with van der Waals surface area (Å²) in [6, 6.07) is 7.29. The van der Waals surface area contributed by atoms with Gasteiger partial charge in [-0.15, -0.1) is 0 Å². The molecule has 0 saturated carbocycles. The molecule has 0 aliphatic rings. The van der Waals surface area contributed by atoms with E-state index in [0.29, 0.717) is 11.4 Å². The Labute approximate surface area is 73.3 Å². The normalized spacial score (nSPS) is 12.5. The molecule has 1 radical (unpaired) electrons. The number of rotatable bonds is 3. The molecule has 1 unspecified atom stereocenters. The van der Waals surface area contributed by atoms with E-state index in [1.165, 1.54) is 0 Å². The summed E-state index contributed by atoms with van der Waals surface area (Å²) in [5.41, 5.74) is 7.97. The predicted octanol–water partition coefficient (Wildman–Crippen LogP) is 2.78. The molecular formula is C10H14NO. The molecule has 1 N–H and O–H groups in total. The summed E-state index contributed by atoms with van der Waals surface area (Å²) < 4.78 is 5.51. The molecule has 1 aromatic rings. The van der Waals surface area contributed by atoms with Crippen LogP contribution >= 0.6 is 0 Å². The standard InChI is InChI=1S/C10H14NO/c1-3-8(2)12-10-7-5-4-6-9(10)11/h4-8,11H,3H2,1-2H3. The fourth-order valence-corrected chi connectivity index (χ4v) is 0.869. The molecule has 65 valence electrons. The van der Waals surface area contributed by atoms with E-state index in [4.69, 9.17) is 10.5 Å². The van der Waals surface area contributed by atoms with Gasteiger partial charge in [-0.3, -0.25) is 5.73 Å². The van der Waals surface area contributed by atoms with E-state index in [2.05, 4.69) is 6.92 Å². The van der Waals surface area contributed by atoms with Gasteiger partial charge in [-0.05, 0) is 25.5 Å². The van der Waals surface area contributed by atoms with Crippen molar-refractivity contribution in [3.05, 3.63) is 24.3 Å². The highest BCUT2D eigenvalue weighted by Gasteiger charge is 2.03. The summed E-state index contributed by atoms with van der Waals surface area (Å²) in [4.78, 5) is 0. The summed E-state index contributed by atoms with van der Waals surface area (Å²) in [6.45, 7) is 4.07. The zero-order valence-electron chi connectivity index (χ0n) is 7.50. The van der Waals surface area contributed by atoms with Crippen LogP contribution in [0.15, 0.2) is 24.3 Å². The molecular weight excluding hydrogens is 150 g/mol. The topological polar surface area (TPSA) is 33.0 Å². The first-order valence-corrected chi connectivity index (χ1v) is 4.21. The van der Waals surface area contributed by atoms with E-state index in [1.54, 1.807) is 6.07 Å². The zero-order chi connectivity index (χ0) is 8.97. The maximum atomic E-state index is 7.51. The highest BCUT2D eigenvalue weighted by molar-refractivity contribution is 5.48. The minimum Gasteiger partial charge on any atom is -0.488 e. The van der Waals surface area contributed by atoms with Crippen LogP contribution < -0.4 is 10.5 Å². The monoisotopic (exact) mass is 164 g/mol. The number of para-hydroxylation sites is 1. The van der Waals surface area contributed by atoms with Gasteiger partial charge in [-0.25, -0.2) is 0 Å². The lowest BCUT2D eigenvalue weighted by Crippen LogP contribution is -2.09. The van der Waals surface area contributed by atoms with E-state index >= 15 is 0 Å². The van der Waals surface area contributed by atoms with Crippen molar-refractivity contribution in [1.82, 2.24) is 5.73 Å². The summed E-state index contributed by atoms with van der Waals surface area (Å²) in [5, 5.41) is 0. The third kappa shape index (κ3) is 2.16. The molecule has 0 amide bonds. The molecule has 2 nitrogen and oxygen atoms in total. The van der Waals surface area contributed by atoms with Crippen molar-refractivity contribution >= 4 is 5.69 Å². The Kier molecular flexibility index (Phi) is 2.97. The molecule has 0 saturated heterocycles. The molecule has 1 rings (SSSR count). The Morgan fingerprint density at radius 2 is 2.08 bits per heavy atom. The van der Waals surface area contributed by atoms with E-state index < -0.39 is 0 Å². The van der Waals surface area contributed by atoms with Crippen molar-refractivity contribution in [1.29, 1.82) is 0 Å². The molecule has 0 heterocycles. The number of hydrogen-bond acceptors (Lipinski definition) is 1. The van der Waals surface area contributed by atoms with E-state index in [0.717, 1.165) is 6.42 Å². The number of benzene rings is 1. The van der Waals surface area contributed by atoms with Gasteiger partial charge in [0.1, 0.15) is 5.75 Å².